The van der Waals surface area contributed by atoms with Crippen LogP contribution in [0.1, 0.15) is 25.5 Å². The lowest BCUT2D eigenvalue weighted by atomic mass is 10.1. The zero-order chi connectivity index (χ0) is 14.7. The highest BCUT2D eigenvalue weighted by Crippen LogP contribution is 2.29. The average molecular weight is 277 g/mol. The number of halogens is 2. The van der Waals surface area contributed by atoms with Crippen LogP contribution < -0.4 is 4.90 Å². The normalized spacial score (nSPS) is 12.2. The van der Waals surface area contributed by atoms with Crippen molar-refractivity contribution in [3.05, 3.63) is 59.7 Å². The third-order valence-electron chi connectivity index (χ3n) is 3.18. The van der Waals surface area contributed by atoms with E-state index >= 15 is 0 Å². The maximum absolute atomic E-state index is 14.2. The van der Waals surface area contributed by atoms with E-state index < -0.39 is 11.9 Å². The Labute approximate surface area is 117 Å². The summed E-state index contributed by atoms with van der Waals surface area (Å²) in [6.45, 7) is 3.96. The molecule has 0 aliphatic rings. The summed E-state index contributed by atoms with van der Waals surface area (Å²) in [5, 5.41) is 9.46. The zero-order valence-electron chi connectivity index (χ0n) is 11.5. The van der Waals surface area contributed by atoms with Gasteiger partial charge in [0.15, 0.2) is 0 Å². The third kappa shape index (κ3) is 2.96. The van der Waals surface area contributed by atoms with Crippen LogP contribution in [0.15, 0.2) is 42.5 Å². The molecule has 0 heterocycles. The Morgan fingerprint density at radius 2 is 1.90 bits per heavy atom. The molecule has 0 aromatic heterocycles. The monoisotopic (exact) mass is 277 g/mol. The minimum absolute atomic E-state index is 0.359. The number of aliphatic hydroxyl groups excluding tert-OH is 1. The molecule has 0 aliphatic heterocycles. The van der Waals surface area contributed by atoms with E-state index in [9.17, 15) is 13.9 Å². The Balaban J connectivity index is 2.42. The second-order valence-corrected chi connectivity index (χ2v) is 4.61. The Morgan fingerprint density at radius 3 is 2.45 bits per heavy atom. The van der Waals surface area contributed by atoms with Gasteiger partial charge in [-0.1, -0.05) is 12.1 Å². The molecule has 0 saturated carbocycles. The minimum Gasteiger partial charge on any atom is -0.389 e. The van der Waals surface area contributed by atoms with Gasteiger partial charge in [0.1, 0.15) is 11.6 Å². The highest BCUT2D eigenvalue weighted by Gasteiger charge is 2.14. The summed E-state index contributed by atoms with van der Waals surface area (Å²) in [5.41, 5.74) is 1.47. The standard InChI is InChI=1S/C16H17F2NO/c1-3-19(14-6-4-5-13(17)10-14)16-8-7-12(11(2)20)9-15(16)18/h4-11,20H,3H2,1-2H3/t11-/m1/s1. The van der Waals surface area contributed by atoms with Crippen LogP contribution in [0.4, 0.5) is 20.2 Å². The molecular weight excluding hydrogens is 260 g/mol. The molecule has 106 valence electrons. The minimum atomic E-state index is -0.720. The molecule has 2 aromatic carbocycles. The van der Waals surface area contributed by atoms with Crippen LogP contribution in [0.25, 0.3) is 0 Å². The van der Waals surface area contributed by atoms with E-state index in [1.807, 2.05) is 6.92 Å². The number of aliphatic hydroxyl groups is 1. The molecule has 0 unspecified atom stereocenters. The molecule has 0 bridgehead atoms. The number of rotatable bonds is 4. The molecule has 0 saturated heterocycles. The van der Waals surface area contributed by atoms with Crippen LogP contribution in [0.2, 0.25) is 0 Å². The molecule has 0 amide bonds. The first-order valence-corrected chi connectivity index (χ1v) is 6.53. The van der Waals surface area contributed by atoms with Crippen LogP contribution in [0, 0.1) is 11.6 Å². The van der Waals surface area contributed by atoms with Crippen molar-refractivity contribution in [2.24, 2.45) is 0 Å². The molecule has 0 fully saturated rings. The highest BCUT2D eigenvalue weighted by molar-refractivity contribution is 5.64. The van der Waals surface area contributed by atoms with E-state index in [-0.39, 0.29) is 5.82 Å². The summed E-state index contributed by atoms with van der Waals surface area (Å²) >= 11 is 0. The Kier molecular flexibility index (Phi) is 4.35. The number of nitrogens with zero attached hydrogens (tertiary/aromatic N) is 1. The van der Waals surface area contributed by atoms with Gasteiger partial charge < -0.3 is 10.0 Å². The van der Waals surface area contributed by atoms with Gasteiger partial charge in [0.05, 0.1) is 11.8 Å². The quantitative estimate of drug-likeness (QED) is 0.906. The molecular formula is C16H17F2NO. The lowest BCUT2D eigenvalue weighted by Crippen LogP contribution is -2.17. The summed E-state index contributed by atoms with van der Waals surface area (Å²) in [6, 6.07) is 10.6. The third-order valence-corrected chi connectivity index (χ3v) is 3.18. The van der Waals surface area contributed by atoms with Crippen LogP contribution in [-0.2, 0) is 0 Å². The van der Waals surface area contributed by atoms with Gasteiger partial charge in [-0.15, -0.1) is 0 Å². The predicted molar refractivity (Wildman–Crippen MR) is 76.1 cm³/mol. The van der Waals surface area contributed by atoms with Gasteiger partial charge in [-0.25, -0.2) is 8.78 Å². The Bertz CT molecular complexity index is 599. The first-order valence-electron chi connectivity index (χ1n) is 6.53. The van der Waals surface area contributed by atoms with Crippen molar-refractivity contribution in [3.8, 4) is 0 Å². The summed E-state index contributed by atoms with van der Waals surface area (Å²) < 4.78 is 27.5. The molecule has 2 aromatic rings. The summed E-state index contributed by atoms with van der Waals surface area (Å²) in [4.78, 5) is 1.68. The van der Waals surface area contributed by atoms with Crippen molar-refractivity contribution in [2.45, 2.75) is 20.0 Å². The molecule has 4 heteroatoms. The van der Waals surface area contributed by atoms with Crippen molar-refractivity contribution in [3.63, 3.8) is 0 Å². The SMILES string of the molecule is CCN(c1cccc(F)c1)c1ccc([C@@H](C)O)cc1F. The molecule has 2 rings (SSSR count). The fraction of sp³-hybridized carbons (Fsp3) is 0.250. The van der Waals surface area contributed by atoms with E-state index in [2.05, 4.69) is 0 Å². The molecule has 20 heavy (non-hydrogen) atoms. The van der Waals surface area contributed by atoms with Gasteiger partial charge in [0.25, 0.3) is 0 Å². The van der Waals surface area contributed by atoms with E-state index in [0.717, 1.165) is 0 Å². The fourth-order valence-electron chi connectivity index (χ4n) is 2.14. The van der Waals surface area contributed by atoms with Gasteiger partial charge in [-0.05, 0) is 49.7 Å². The number of anilines is 2. The average Bonchev–Trinajstić information content (AvgIpc) is 2.41. The van der Waals surface area contributed by atoms with Gasteiger partial charge >= 0.3 is 0 Å². The zero-order valence-corrected chi connectivity index (χ0v) is 11.5. The first-order chi connectivity index (χ1) is 9.52. The Hall–Kier alpha value is -1.94. The van der Waals surface area contributed by atoms with Crippen molar-refractivity contribution in [1.82, 2.24) is 0 Å². The maximum Gasteiger partial charge on any atom is 0.147 e. The van der Waals surface area contributed by atoms with Crippen LogP contribution in [-0.4, -0.2) is 11.7 Å². The van der Waals surface area contributed by atoms with Gasteiger partial charge in [0.2, 0.25) is 0 Å². The lowest BCUT2D eigenvalue weighted by molar-refractivity contribution is 0.199. The van der Waals surface area contributed by atoms with Gasteiger partial charge in [0, 0.05) is 12.2 Å². The highest BCUT2D eigenvalue weighted by atomic mass is 19.1. The smallest absolute Gasteiger partial charge is 0.147 e. The van der Waals surface area contributed by atoms with Crippen molar-refractivity contribution >= 4 is 11.4 Å². The van der Waals surface area contributed by atoms with E-state index in [1.165, 1.54) is 18.2 Å². The van der Waals surface area contributed by atoms with Crippen molar-refractivity contribution in [2.75, 3.05) is 11.4 Å². The predicted octanol–water partition coefficient (Wildman–Crippen LogP) is 4.18. The second kappa shape index (κ2) is 6.01. The second-order valence-electron chi connectivity index (χ2n) is 4.61. The van der Waals surface area contributed by atoms with Gasteiger partial charge in [-0.2, -0.15) is 0 Å². The van der Waals surface area contributed by atoms with Crippen molar-refractivity contribution in [1.29, 1.82) is 0 Å². The Morgan fingerprint density at radius 1 is 1.15 bits per heavy atom. The van der Waals surface area contributed by atoms with Gasteiger partial charge in [-0.3, -0.25) is 0 Å². The van der Waals surface area contributed by atoms with Crippen LogP contribution in [0.3, 0.4) is 0 Å². The number of hydrogen-bond donors (Lipinski definition) is 1. The number of benzene rings is 2. The molecule has 2 nitrogen and oxygen atoms in total. The fourth-order valence-corrected chi connectivity index (χ4v) is 2.14. The summed E-state index contributed by atoms with van der Waals surface area (Å²) in [6.07, 6.45) is -0.720. The van der Waals surface area contributed by atoms with Crippen LogP contribution >= 0.6 is 0 Å². The molecule has 0 spiro atoms. The largest absolute Gasteiger partial charge is 0.389 e. The summed E-state index contributed by atoms with van der Waals surface area (Å²) in [7, 11) is 0. The molecule has 1 N–H and O–H groups in total. The van der Waals surface area contributed by atoms with Crippen LogP contribution in [0.5, 0.6) is 0 Å². The summed E-state index contributed by atoms with van der Waals surface area (Å²) in [5.74, 6) is -0.795. The molecule has 0 radical (unpaired) electrons. The maximum atomic E-state index is 14.2. The van der Waals surface area contributed by atoms with E-state index in [0.29, 0.717) is 23.5 Å². The lowest BCUT2D eigenvalue weighted by Gasteiger charge is -2.24. The topological polar surface area (TPSA) is 23.5 Å². The molecule has 1 atom stereocenters. The number of hydrogen-bond acceptors (Lipinski definition) is 2. The first kappa shape index (κ1) is 14.5. The van der Waals surface area contributed by atoms with Crippen molar-refractivity contribution < 1.29 is 13.9 Å². The van der Waals surface area contributed by atoms with E-state index in [4.69, 9.17) is 0 Å². The van der Waals surface area contributed by atoms with E-state index in [1.54, 1.807) is 36.1 Å². The molecule has 0 aliphatic carbocycles.